The van der Waals surface area contributed by atoms with Crippen LogP contribution in [0, 0.1) is 0 Å². The van der Waals surface area contributed by atoms with Gasteiger partial charge in [-0.1, -0.05) is 0 Å². The lowest BCUT2D eigenvalue weighted by Crippen LogP contribution is -2.33. The number of nitrogens with zero attached hydrogens (tertiary/aromatic N) is 1. The highest BCUT2D eigenvalue weighted by Crippen LogP contribution is 2.25. The summed E-state index contributed by atoms with van der Waals surface area (Å²) in [6.07, 6.45) is 0. The Bertz CT molecular complexity index is 416. The first-order valence-corrected chi connectivity index (χ1v) is 6.45. The maximum absolute atomic E-state index is 12.0. The third kappa shape index (κ3) is 3.15. The van der Waals surface area contributed by atoms with Crippen molar-refractivity contribution in [3.8, 4) is 0 Å². The molecule has 0 atom stereocenters. The minimum Gasteiger partial charge on any atom is -0.399 e. The second kappa shape index (κ2) is 6.28. The average molecular weight is 249 g/mol. The summed E-state index contributed by atoms with van der Waals surface area (Å²) >= 11 is 0. The van der Waals surface area contributed by atoms with Gasteiger partial charge in [0.1, 0.15) is 0 Å². The number of hydrogen-bond acceptors (Lipinski definition) is 3. The second-order valence-electron chi connectivity index (χ2n) is 4.52. The van der Waals surface area contributed by atoms with E-state index < -0.39 is 0 Å². The summed E-state index contributed by atoms with van der Waals surface area (Å²) in [4.78, 5) is 14.2. The molecule has 0 aliphatic heterocycles. The Hall–Kier alpha value is -1.71. The van der Waals surface area contributed by atoms with Crippen LogP contribution in [0.3, 0.4) is 0 Å². The number of benzene rings is 1. The molecule has 18 heavy (non-hydrogen) atoms. The van der Waals surface area contributed by atoms with Crippen LogP contribution in [-0.2, 0) is 0 Å². The second-order valence-corrected chi connectivity index (χ2v) is 4.52. The number of hydrogen-bond donors (Lipinski definition) is 2. The van der Waals surface area contributed by atoms with Gasteiger partial charge in [-0.15, -0.1) is 0 Å². The Labute approximate surface area is 109 Å². The normalized spacial score (nSPS) is 10.5. The molecule has 1 aromatic rings. The van der Waals surface area contributed by atoms with Crippen LogP contribution in [0.2, 0.25) is 0 Å². The van der Waals surface area contributed by atoms with Crippen molar-refractivity contribution in [1.82, 2.24) is 5.32 Å². The molecule has 0 fully saturated rings. The van der Waals surface area contributed by atoms with Gasteiger partial charge < -0.3 is 16.0 Å². The molecule has 1 amide bonds. The largest absolute Gasteiger partial charge is 0.399 e. The fraction of sp³-hybridized carbons (Fsp3) is 0.500. The monoisotopic (exact) mass is 249 g/mol. The lowest BCUT2D eigenvalue weighted by Gasteiger charge is -2.29. The summed E-state index contributed by atoms with van der Waals surface area (Å²) in [5, 5.41) is 2.83. The number of rotatable bonds is 5. The summed E-state index contributed by atoms with van der Waals surface area (Å²) < 4.78 is 0. The molecular weight excluding hydrogens is 226 g/mol. The first-order valence-electron chi connectivity index (χ1n) is 6.45. The van der Waals surface area contributed by atoms with Gasteiger partial charge in [-0.3, -0.25) is 4.79 Å². The van der Waals surface area contributed by atoms with Crippen molar-refractivity contribution in [2.45, 2.75) is 33.7 Å². The van der Waals surface area contributed by atoms with E-state index in [2.05, 4.69) is 31.0 Å². The Morgan fingerprint density at radius 2 is 2.06 bits per heavy atom. The predicted molar refractivity (Wildman–Crippen MR) is 77.0 cm³/mol. The van der Waals surface area contributed by atoms with Crippen molar-refractivity contribution in [1.29, 1.82) is 0 Å². The number of amides is 1. The van der Waals surface area contributed by atoms with Gasteiger partial charge in [-0.2, -0.15) is 0 Å². The molecule has 1 rings (SSSR count). The van der Waals surface area contributed by atoms with E-state index >= 15 is 0 Å². The molecule has 0 radical (unpaired) electrons. The summed E-state index contributed by atoms with van der Waals surface area (Å²) in [5.41, 5.74) is 8.10. The van der Waals surface area contributed by atoms with E-state index in [0.29, 0.717) is 23.8 Å². The highest BCUT2D eigenvalue weighted by atomic mass is 16.1. The van der Waals surface area contributed by atoms with E-state index in [9.17, 15) is 4.79 Å². The number of carbonyl (C=O) groups excluding carboxylic acids is 1. The molecule has 0 saturated heterocycles. The molecule has 0 aromatic heterocycles. The number of nitrogens with two attached hydrogens (primary N) is 1. The van der Waals surface area contributed by atoms with E-state index in [4.69, 9.17) is 5.73 Å². The fourth-order valence-corrected chi connectivity index (χ4v) is 2.05. The molecule has 0 saturated carbocycles. The third-order valence-corrected chi connectivity index (χ3v) is 2.88. The fourth-order valence-electron chi connectivity index (χ4n) is 2.05. The van der Waals surface area contributed by atoms with Gasteiger partial charge in [0.25, 0.3) is 5.91 Å². The molecule has 1 aromatic carbocycles. The van der Waals surface area contributed by atoms with Gasteiger partial charge in [0.2, 0.25) is 0 Å². The Balaban J connectivity index is 3.22. The molecule has 100 valence electrons. The van der Waals surface area contributed by atoms with Gasteiger partial charge in [-0.25, -0.2) is 0 Å². The zero-order chi connectivity index (χ0) is 13.7. The summed E-state index contributed by atoms with van der Waals surface area (Å²) in [6.45, 7) is 9.66. The standard InChI is InChI=1S/C14H23N3O/c1-5-16-14(18)12-8-7-11(15)9-13(12)17(6-2)10(3)4/h7-10H,5-6,15H2,1-4H3,(H,16,18). The summed E-state index contributed by atoms with van der Waals surface area (Å²) in [7, 11) is 0. The van der Waals surface area contributed by atoms with Crippen LogP contribution in [0.25, 0.3) is 0 Å². The predicted octanol–water partition coefficient (Wildman–Crippen LogP) is 2.25. The zero-order valence-electron chi connectivity index (χ0n) is 11.7. The van der Waals surface area contributed by atoms with E-state index in [1.165, 1.54) is 0 Å². The van der Waals surface area contributed by atoms with Gasteiger partial charge in [-0.05, 0) is 45.9 Å². The molecule has 0 spiro atoms. The molecule has 3 N–H and O–H groups in total. The zero-order valence-corrected chi connectivity index (χ0v) is 11.7. The first kappa shape index (κ1) is 14.4. The molecule has 0 aliphatic carbocycles. The highest BCUT2D eigenvalue weighted by molar-refractivity contribution is 6.00. The summed E-state index contributed by atoms with van der Waals surface area (Å²) in [5.74, 6) is -0.0494. The van der Waals surface area contributed by atoms with E-state index in [-0.39, 0.29) is 5.91 Å². The number of carbonyl (C=O) groups is 1. The Morgan fingerprint density at radius 3 is 2.56 bits per heavy atom. The lowest BCUT2D eigenvalue weighted by atomic mass is 10.1. The maximum atomic E-state index is 12.0. The van der Waals surface area contributed by atoms with E-state index in [0.717, 1.165) is 12.2 Å². The van der Waals surface area contributed by atoms with Crippen molar-refractivity contribution in [3.05, 3.63) is 23.8 Å². The summed E-state index contributed by atoms with van der Waals surface area (Å²) in [6, 6.07) is 5.75. The molecule has 4 nitrogen and oxygen atoms in total. The number of anilines is 2. The van der Waals surface area contributed by atoms with Crippen LogP contribution in [-0.4, -0.2) is 25.0 Å². The van der Waals surface area contributed by atoms with Gasteiger partial charge >= 0.3 is 0 Å². The molecule has 0 unspecified atom stereocenters. The van der Waals surface area contributed by atoms with Crippen molar-refractivity contribution < 1.29 is 4.79 Å². The lowest BCUT2D eigenvalue weighted by molar-refractivity contribution is 0.0956. The third-order valence-electron chi connectivity index (χ3n) is 2.88. The van der Waals surface area contributed by atoms with Crippen molar-refractivity contribution >= 4 is 17.3 Å². The number of nitrogens with one attached hydrogen (secondary N) is 1. The van der Waals surface area contributed by atoms with Crippen LogP contribution in [0.15, 0.2) is 18.2 Å². The van der Waals surface area contributed by atoms with Crippen LogP contribution >= 0.6 is 0 Å². The molecule has 0 bridgehead atoms. The average Bonchev–Trinajstić information content (AvgIpc) is 2.29. The molecular formula is C14H23N3O. The maximum Gasteiger partial charge on any atom is 0.253 e. The van der Waals surface area contributed by atoms with E-state index in [1.54, 1.807) is 12.1 Å². The van der Waals surface area contributed by atoms with Crippen molar-refractivity contribution in [2.75, 3.05) is 23.7 Å². The molecule has 0 aliphatic rings. The van der Waals surface area contributed by atoms with Gasteiger partial charge in [0, 0.05) is 24.8 Å². The van der Waals surface area contributed by atoms with E-state index in [1.807, 2.05) is 13.0 Å². The van der Waals surface area contributed by atoms with Crippen LogP contribution in [0.1, 0.15) is 38.1 Å². The van der Waals surface area contributed by atoms with Crippen LogP contribution in [0.5, 0.6) is 0 Å². The van der Waals surface area contributed by atoms with Crippen LogP contribution in [0.4, 0.5) is 11.4 Å². The minimum atomic E-state index is -0.0494. The minimum absolute atomic E-state index is 0.0494. The van der Waals surface area contributed by atoms with Crippen molar-refractivity contribution in [2.24, 2.45) is 0 Å². The Kier molecular flexibility index (Phi) is 5.01. The number of nitrogen functional groups attached to an aromatic ring is 1. The van der Waals surface area contributed by atoms with Gasteiger partial charge in [0.05, 0.1) is 11.3 Å². The highest BCUT2D eigenvalue weighted by Gasteiger charge is 2.17. The first-order chi connectivity index (χ1) is 8.51. The molecule has 0 heterocycles. The smallest absolute Gasteiger partial charge is 0.253 e. The SMILES string of the molecule is CCNC(=O)c1ccc(N)cc1N(CC)C(C)C. The Morgan fingerprint density at radius 1 is 1.39 bits per heavy atom. The quantitative estimate of drug-likeness (QED) is 0.787. The topological polar surface area (TPSA) is 58.4 Å². The molecule has 4 heteroatoms. The van der Waals surface area contributed by atoms with Crippen LogP contribution < -0.4 is 16.0 Å². The van der Waals surface area contributed by atoms with Crippen molar-refractivity contribution in [3.63, 3.8) is 0 Å². The van der Waals surface area contributed by atoms with Gasteiger partial charge in [0.15, 0.2) is 0 Å².